The molecule has 2 N–H and O–H groups in total. The van der Waals surface area contributed by atoms with Gasteiger partial charge in [-0.1, -0.05) is 6.92 Å². The maximum atomic E-state index is 13.2. The van der Waals surface area contributed by atoms with Crippen molar-refractivity contribution in [2.45, 2.75) is 26.4 Å². The van der Waals surface area contributed by atoms with Crippen molar-refractivity contribution in [2.75, 3.05) is 0 Å². The minimum absolute atomic E-state index is 0.292. The summed E-state index contributed by atoms with van der Waals surface area (Å²) in [6.45, 7) is 3.21. The highest BCUT2D eigenvalue weighted by atomic mass is 79.9. The minimum atomic E-state index is -0.292. The lowest BCUT2D eigenvalue weighted by Crippen LogP contribution is -2.09. The van der Waals surface area contributed by atoms with Gasteiger partial charge in [0.25, 0.3) is 0 Å². The molecule has 1 aromatic carbocycles. The van der Waals surface area contributed by atoms with Gasteiger partial charge >= 0.3 is 0 Å². The fourth-order valence-corrected chi connectivity index (χ4v) is 2.17. The summed E-state index contributed by atoms with van der Waals surface area (Å²) in [7, 11) is 0. The highest BCUT2D eigenvalue weighted by Crippen LogP contribution is 2.24. The van der Waals surface area contributed by atoms with E-state index in [9.17, 15) is 4.39 Å². The van der Waals surface area contributed by atoms with Gasteiger partial charge < -0.3 is 10.3 Å². The summed E-state index contributed by atoms with van der Waals surface area (Å²) in [5.41, 5.74) is 6.46. The Labute approximate surface area is 113 Å². The average Bonchev–Trinajstić information content (AvgIpc) is 2.76. The first-order valence-electron chi connectivity index (χ1n) is 5.75. The highest BCUT2D eigenvalue weighted by molar-refractivity contribution is 9.10. The van der Waals surface area contributed by atoms with E-state index in [0.717, 1.165) is 30.2 Å². The van der Waals surface area contributed by atoms with E-state index in [2.05, 4.69) is 33.1 Å². The Kier molecular flexibility index (Phi) is 4.08. The Bertz CT molecular complexity index is 553. The van der Waals surface area contributed by atoms with Crippen LogP contribution in [0.1, 0.15) is 19.2 Å². The molecule has 0 radical (unpaired) electrons. The maximum absolute atomic E-state index is 13.2. The van der Waals surface area contributed by atoms with Crippen LogP contribution in [0.15, 0.2) is 22.7 Å². The lowest BCUT2D eigenvalue weighted by atomic mass is 10.2. The molecule has 0 amide bonds. The standard InChI is InChI=1S/C12H14BrFN4/c1-2-5-18-11(7-15)16-17-12(18)8-3-4-10(14)9(13)6-8/h3-4,6H,2,5,7,15H2,1H3. The van der Waals surface area contributed by atoms with Crippen LogP contribution in [0, 0.1) is 5.82 Å². The third-order valence-electron chi connectivity index (χ3n) is 2.63. The molecule has 0 unspecified atom stereocenters. The summed E-state index contributed by atoms with van der Waals surface area (Å²) in [4.78, 5) is 0. The van der Waals surface area contributed by atoms with Gasteiger partial charge in [-0.3, -0.25) is 0 Å². The molecule has 0 saturated carbocycles. The lowest BCUT2D eigenvalue weighted by molar-refractivity contribution is 0.620. The van der Waals surface area contributed by atoms with E-state index >= 15 is 0 Å². The van der Waals surface area contributed by atoms with Crippen LogP contribution in [-0.2, 0) is 13.1 Å². The predicted octanol–water partition coefficient (Wildman–Crippen LogP) is 2.72. The fourth-order valence-electron chi connectivity index (χ4n) is 1.79. The first-order chi connectivity index (χ1) is 8.67. The van der Waals surface area contributed by atoms with Crippen LogP contribution >= 0.6 is 15.9 Å². The van der Waals surface area contributed by atoms with Gasteiger partial charge in [0.15, 0.2) is 5.82 Å². The van der Waals surface area contributed by atoms with E-state index in [1.807, 2.05) is 4.57 Å². The van der Waals surface area contributed by atoms with Crippen molar-refractivity contribution in [2.24, 2.45) is 5.73 Å². The van der Waals surface area contributed by atoms with Crippen LogP contribution in [0.4, 0.5) is 4.39 Å². The number of nitrogens with two attached hydrogens (primary N) is 1. The van der Waals surface area contributed by atoms with Crippen LogP contribution in [0.5, 0.6) is 0 Å². The van der Waals surface area contributed by atoms with E-state index in [-0.39, 0.29) is 5.82 Å². The Morgan fingerprint density at radius 3 is 2.78 bits per heavy atom. The van der Waals surface area contributed by atoms with Crippen molar-refractivity contribution in [3.63, 3.8) is 0 Å². The number of rotatable bonds is 4. The van der Waals surface area contributed by atoms with Gasteiger partial charge in [0.2, 0.25) is 0 Å². The highest BCUT2D eigenvalue weighted by Gasteiger charge is 2.13. The topological polar surface area (TPSA) is 56.7 Å². The van der Waals surface area contributed by atoms with E-state index in [1.54, 1.807) is 12.1 Å². The number of nitrogens with zero attached hydrogens (tertiary/aromatic N) is 3. The van der Waals surface area contributed by atoms with Crippen LogP contribution < -0.4 is 5.73 Å². The summed E-state index contributed by atoms with van der Waals surface area (Å²) in [5, 5.41) is 8.20. The molecule has 0 atom stereocenters. The molecule has 0 aliphatic heterocycles. The molecule has 1 heterocycles. The third-order valence-corrected chi connectivity index (χ3v) is 3.24. The summed E-state index contributed by atoms with van der Waals surface area (Å²) in [5.74, 6) is 1.17. The van der Waals surface area contributed by atoms with E-state index < -0.39 is 0 Å². The van der Waals surface area contributed by atoms with Gasteiger partial charge in [-0.2, -0.15) is 0 Å². The predicted molar refractivity (Wildman–Crippen MR) is 71.3 cm³/mol. The molecule has 4 nitrogen and oxygen atoms in total. The van der Waals surface area contributed by atoms with Gasteiger partial charge in [-0.15, -0.1) is 10.2 Å². The molecule has 0 aliphatic rings. The molecule has 0 saturated heterocycles. The summed E-state index contributed by atoms with van der Waals surface area (Å²) in [6.07, 6.45) is 0.959. The molecule has 1 aromatic heterocycles. The smallest absolute Gasteiger partial charge is 0.164 e. The lowest BCUT2D eigenvalue weighted by Gasteiger charge is -2.08. The molecule has 2 rings (SSSR count). The van der Waals surface area contributed by atoms with E-state index in [0.29, 0.717) is 11.0 Å². The number of benzene rings is 1. The second kappa shape index (κ2) is 5.58. The first kappa shape index (κ1) is 13.2. The molecule has 0 bridgehead atoms. The van der Waals surface area contributed by atoms with Crippen molar-refractivity contribution < 1.29 is 4.39 Å². The van der Waals surface area contributed by atoms with E-state index in [1.165, 1.54) is 6.07 Å². The van der Waals surface area contributed by atoms with Crippen LogP contribution in [0.25, 0.3) is 11.4 Å². The van der Waals surface area contributed by atoms with Crippen molar-refractivity contribution in [3.8, 4) is 11.4 Å². The number of aromatic nitrogens is 3. The van der Waals surface area contributed by atoms with Crippen molar-refractivity contribution >= 4 is 15.9 Å². The maximum Gasteiger partial charge on any atom is 0.164 e. The van der Waals surface area contributed by atoms with Crippen molar-refractivity contribution in [1.29, 1.82) is 0 Å². The molecule has 96 valence electrons. The summed E-state index contributed by atoms with van der Waals surface area (Å²) >= 11 is 3.17. The largest absolute Gasteiger partial charge is 0.324 e. The van der Waals surface area contributed by atoms with Crippen LogP contribution in [-0.4, -0.2) is 14.8 Å². The molecule has 0 spiro atoms. The summed E-state index contributed by atoms with van der Waals surface area (Å²) in [6, 6.07) is 4.80. The van der Waals surface area contributed by atoms with E-state index in [4.69, 9.17) is 5.73 Å². The number of hydrogen-bond acceptors (Lipinski definition) is 3. The second-order valence-corrected chi connectivity index (χ2v) is 4.78. The van der Waals surface area contributed by atoms with Crippen LogP contribution in [0.2, 0.25) is 0 Å². The number of halogens is 2. The normalized spacial score (nSPS) is 10.9. The van der Waals surface area contributed by atoms with Crippen molar-refractivity contribution in [3.05, 3.63) is 34.3 Å². The Morgan fingerprint density at radius 1 is 1.39 bits per heavy atom. The number of hydrogen-bond donors (Lipinski definition) is 1. The van der Waals surface area contributed by atoms with Gasteiger partial charge in [0, 0.05) is 12.1 Å². The van der Waals surface area contributed by atoms with Crippen LogP contribution in [0.3, 0.4) is 0 Å². The molecule has 0 aliphatic carbocycles. The zero-order valence-electron chi connectivity index (χ0n) is 10.0. The monoisotopic (exact) mass is 312 g/mol. The zero-order valence-corrected chi connectivity index (χ0v) is 11.6. The molecular formula is C12H14BrFN4. The third kappa shape index (κ3) is 2.44. The molecule has 2 aromatic rings. The Balaban J connectivity index is 2.49. The Morgan fingerprint density at radius 2 is 2.17 bits per heavy atom. The molecule has 0 fully saturated rings. The molecule has 6 heteroatoms. The minimum Gasteiger partial charge on any atom is -0.324 e. The summed E-state index contributed by atoms with van der Waals surface area (Å²) < 4.78 is 15.6. The van der Waals surface area contributed by atoms with Gasteiger partial charge in [-0.25, -0.2) is 4.39 Å². The molecule has 18 heavy (non-hydrogen) atoms. The SMILES string of the molecule is CCCn1c(CN)nnc1-c1ccc(F)c(Br)c1. The zero-order chi connectivity index (χ0) is 13.1. The van der Waals surface area contributed by atoms with Gasteiger partial charge in [-0.05, 0) is 40.5 Å². The fraction of sp³-hybridized carbons (Fsp3) is 0.333. The quantitative estimate of drug-likeness (QED) is 0.944. The van der Waals surface area contributed by atoms with Gasteiger partial charge in [0.05, 0.1) is 11.0 Å². The Hall–Kier alpha value is -1.27. The first-order valence-corrected chi connectivity index (χ1v) is 6.54. The van der Waals surface area contributed by atoms with Crippen molar-refractivity contribution in [1.82, 2.24) is 14.8 Å². The second-order valence-electron chi connectivity index (χ2n) is 3.92. The van der Waals surface area contributed by atoms with Gasteiger partial charge in [0.1, 0.15) is 11.6 Å². The molecular weight excluding hydrogens is 299 g/mol. The average molecular weight is 313 g/mol.